The predicted octanol–water partition coefficient (Wildman–Crippen LogP) is 6.09. The molecule has 1 N–H and O–H groups in total. The lowest BCUT2D eigenvalue weighted by Crippen LogP contribution is -2.21. The lowest BCUT2D eigenvalue weighted by Gasteiger charge is -2.31. The molecule has 1 saturated carbocycles. The first kappa shape index (κ1) is 25.1. The van der Waals surface area contributed by atoms with Gasteiger partial charge in [0.2, 0.25) is 0 Å². The van der Waals surface area contributed by atoms with E-state index in [-0.39, 0.29) is 23.1 Å². The molecule has 3 aromatic heterocycles. The number of H-pyrrole nitrogens is 1. The first-order chi connectivity index (χ1) is 18.6. The van der Waals surface area contributed by atoms with Crippen molar-refractivity contribution in [3.05, 3.63) is 70.1 Å². The van der Waals surface area contributed by atoms with Gasteiger partial charge in [-0.2, -0.15) is 13.7 Å². The monoisotopic (exact) mass is 544 g/mol. The van der Waals surface area contributed by atoms with E-state index in [2.05, 4.69) is 38.6 Å². The Morgan fingerprint density at radius 3 is 2.64 bits per heavy atom. The van der Waals surface area contributed by atoms with Crippen LogP contribution in [-0.2, 0) is 16.9 Å². The van der Waals surface area contributed by atoms with Crippen LogP contribution in [0.3, 0.4) is 0 Å². The third-order valence-electron chi connectivity index (χ3n) is 7.39. The minimum Gasteiger partial charge on any atom is -0.357 e. The van der Waals surface area contributed by atoms with E-state index in [1.165, 1.54) is 6.07 Å². The summed E-state index contributed by atoms with van der Waals surface area (Å²) in [5.41, 5.74) is 4.81. The minimum atomic E-state index is -5.21. The molecular formula is C29H25FN4O4S. The minimum absolute atomic E-state index is 0.0955. The number of nitrogens with zero attached hydrogens (tertiary/aromatic N) is 3. The van der Waals surface area contributed by atoms with Crippen LogP contribution in [-0.4, -0.2) is 23.0 Å². The number of benzene rings is 2. The highest BCUT2D eigenvalue weighted by Gasteiger charge is 2.26. The molecule has 1 aliphatic rings. The maximum atomic E-state index is 14.1. The van der Waals surface area contributed by atoms with Gasteiger partial charge in [0.1, 0.15) is 5.65 Å². The zero-order valence-electron chi connectivity index (χ0n) is 21.4. The third kappa shape index (κ3) is 4.42. The van der Waals surface area contributed by atoms with E-state index in [4.69, 9.17) is 0 Å². The normalized spacial score (nSPS) is 14.2. The van der Waals surface area contributed by atoms with Gasteiger partial charge in [-0.25, -0.2) is 0 Å². The molecule has 0 unspecified atom stereocenters. The largest absolute Gasteiger partial charge is 0.488 e. The smallest absolute Gasteiger partial charge is 0.357 e. The van der Waals surface area contributed by atoms with Gasteiger partial charge in [0, 0.05) is 34.1 Å². The molecule has 0 aliphatic heterocycles. The standard InChI is InChI=1S/C29H25FN4O4S/c1-16(2)8-18-11-24-26(12-23(18)19-10-21(15-32-14-19)38-39(30,36)37)34(20-4-3-5-20)29-27(28(24)35)22-7-6-17(13-31)9-25(22)33-29/h6-7,9-12,14-16,20,33H,3-5,8H2,1-2H3. The molecule has 0 atom stereocenters. The van der Waals surface area contributed by atoms with Crippen LogP contribution >= 0.6 is 0 Å². The molecule has 8 nitrogen and oxygen atoms in total. The molecular weight excluding hydrogens is 519 g/mol. The topological polar surface area (TPSA) is 118 Å². The number of nitrogens with one attached hydrogen (secondary N) is 1. The summed E-state index contributed by atoms with van der Waals surface area (Å²) in [7, 11) is -5.21. The van der Waals surface area contributed by atoms with Gasteiger partial charge in [-0.3, -0.25) is 9.78 Å². The second-order valence-electron chi connectivity index (χ2n) is 10.5. The SMILES string of the molecule is CC(C)Cc1cc2c(=O)c3c4ccc(C#N)cc4[nH]c3n(C3CCC3)c2cc1-c1cncc(OS(=O)(=O)F)c1. The Bertz CT molecular complexity index is 2000. The molecule has 2 aromatic carbocycles. The van der Waals surface area contributed by atoms with Crippen LogP contribution in [0.25, 0.3) is 44.0 Å². The summed E-state index contributed by atoms with van der Waals surface area (Å²) in [5, 5.41) is 11.4. The number of fused-ring (bicyclic) bond motifs is 4. The van der Waals surface area contributed by atoms with Crippen molar-refractivity contribution in [2.45, 2.75) is 45.6 Å². The fourth-order valence-electron chi connectivity index (χ4n) is 5.56. The van der Waals surface area contributed by atoms with Crippen molar-refractivity contribution in [3.63, 3.8) is 0 Å². The van der Waals surface area contributed by atoms with Crippen LogP contribution in [0, 0.1) is 17.2 Å². The molecule has 1 aliphatic carbocycles. The molecule has 6 rings (SSSR count). The van der Waals surface area contributed by atoms with E-state index in [0.29, 0.717) is 34.0 Å². The molecule has 0 saturated heterocycles. The first-order valence-corrected chi connectivity index (χ1v) is 14.1. The summed E-state index contributed by atoms with van der Waals surface area (Å²) in [5.74, 6) is 0.0243. The molecule has 0 radical (unpaired) electrons. The van der Waals surface area contributed by atoms with E-state index in [1.807, 2.05) is 18.2 Å². The molecule has 0 spiro atoms. The Morgan fingerprint density at radius 2 is 1.97 bits per heavy atom. The van der Waals surface area contributed by atoms with Gasteiger partial charge in [0.25, 0.3) is 0 Å². The number of hydrogen-bond donors (Lipinski definition) is 1. The summed E-state index contributed by atoms with van der Waals surface area (Å²) < 4.78 is 42.1. The quantitative estimate of drug-likeness (QED) is 0.259. The van der Waals surface area contributed by atoms with Gasteiger partial charge in [-0.1, -0.05) is 23.8 Å². The Hall–Kier alpha value is -4.23. The van der Waals surface area contributed by atoms with Crippen LogP contribution in [0.1, 0.15) is 50.3 Å². The van der Waals surface area contributed by atoms with Crippen LogP contribution < -0.4 is 9.61 Å². The molecule has 1 fully saturated rings. The summed E-state index contributed by atoms with van der Waals surface area (Å²) in [6.07, 6.45) is 6.37. The van der Waals surface area contributed by atoms with Gasteiger partial charge in [0.15, 0.2) is 11.2 Å². The lowest BCUT2D eigenvalue weighted by molar-refractivity contribution is 0.327. The Labute approximate surface area is 224 Å². The van der Waals surface area contributed by atoms with Crippen LogP contribution in [0.5, 0.6) is 5.75 Å². The van der Waals surface area contributed by atoms with Crippen molar-refractivity contribution in [2.75, 3.05) is 0 Å². The zero-order valence-corrected chi connectivity index (χ0v) is 22.2. The Kier molecular flexibility index (Phi) is 5.92. The highest BCUT2D eigenvalue weighted by molar-refractivity contribution is 7.81. The lowest BCUT2D eigenvalue weighted by atomic mass is 9.89. The molecule has 198 valence electrons. The van der Waals surface area contributed by atoms with Crippen molar-refractivity contribution in [1.82, 2.24) is 14.5 Å². The van der Waals surface area contributed by atoms with E-state index in [9.17, 15) is 22.4 Å². The summed E-state index contributed by atoms with van der Waals surface area (Å²) in [4.78, 5) is 21.6. The molecule has 3 heterocycles. The van der Waals surface area contributed by atoms with Gasteiger partial charge >= 0.3 is 10.5 Å². The molecule has 0 amide bonds. The number of nitriles is 1. The van der Waals surface area contributed by atoms with Crippen molar-refractivity contribution in [2.24, 2.45) is 5.92 Å². The fourth-order valence-corrected chi connectivity index (χ4v) is 5.88. The van der Waals surface area contributed by atoms with E-state index < -0.39 is 10.5 Å². The fraction of sp³-hybridized carbons (Fsp3) is 0.276. The van der Waals surface area contributed by atoms with E-state index >= 15 is 0 Å². The number of rotatable bonds is 6. The Morgan fingerprint density at radius 1 is 1.18 bits per heavy atom. The van der Waals surface area contributed by atoms with Crippen LogP contribution in [0.15, 0.2) is 53.6 Å². The van der Waals surface area contributed by atoms with Crippen molar-refractivity contribution in [3.8, 4) is 22.9 Å². The van der Waals surface area contributed by atoms with Gasteiger partial charge in [-0.15, -0.1) is 0 Å². The summed E-state index contributed by atoms with van der Waals surface area (Å²) in [6, 6.07) is 13.0. The average Bonchev–Trinajstić information content (AvgIpc) is 3.22. The summed E-state index contributed by atoms with van der Waals surface area (Å²) in [6.45, 7) is 4.15. The number of halogens is 1. The number of aromatic nitrogens is 3. The maximum absolute atomic E-state index is 14.1. The highest BCUT2D eigenvalue weighted by atomic mass is 32.3. The van der Waals surface area contributed by atoms with Crippen molar-refractivity contribution < 1.29 is 16.5 Å². The maximum Gasteiger partial charge on any atom is 0.488 e. The van der Waals surface area contributed by atoms with Gasteiger partial charge < -0.3 is 13.7 Å². The number of pyridine rings is 2. The number of aromatic amines is 1. The summed E-state index contributed by atoms with van der Waals surface area (Å²) >= 11 is 0. The second-order valence-corrected chi connectivity index (χ2v) is 11.5. The van der Waals surface area contributed by atoms with Crippen molar-refractivity contribution in [1.29, 1.82) is 5.26 Å². The van der Waals surface area contributed by atoms with Gasteiger partial charge in [-0.05, 0) is 73.1 Å². The average molecular weight is 545 g/mol. The van der Waals surface area contributed by atoms with E-state index in [0.717, 1.165) is 53.0 Å². The highest BCUT2D eigenvalue weighted by Crippen LogP contribution is 2.40. The van der Waals surface area contributed by atoms with Crippen molar-refractivity contribution >= 4 is 43.3 Å². The zero-order chi connectivity index (χ0) is 27.5. The third-order valence-corrected chi connectivity index (χ3v) is 7.78. The van der Waals surface area contributed by atoms with E-state index in [1.54, 1.807) is 18.3 Å². The van der Waals surface area contributed by atoms with Gasteiger partial charge in [0.05, 0.1) is 28.7 Å². The molecule has 5 aromatic rings. The molecule has 39 heavy (non-hydrogen) atoms. The van der Waals surface area contributed by atoms with Crippen LogP contribution in [0.2, 0.25) is 0 Å². The molecule has 10 heteroatoms. The number of hydrogen-bond acceptors (Lipinski definition) is 6. The Balaban J connectivity index is 1.69. The predicted molar refractivity (Wildman–Crippen MR) is 148 cm³/mol. The second kappa shape index (κ2) is 9.20. The first-order valence-electron chi connectivity index (χ1n) is 12.8. The van der Waals surface area contributed by atoms with Crippen LogP contribution in [0.4, 0.5) is 3.89 Å². The molecule has 0 bridgehead atoms.